The van der Waals surface area contributed by atoms with E-state index >= 15 is 0 Å². The van der Waals surface area contributed by atoms with E-state index in [1.165, 1.54) is 11.3 Å². The van der Waals surface area contributed by atoms with Crippen LogP contribution in [0.2, 0.25) is 0 Å². The van der Waals surface area contributed by atoms with Crippen LogP contribution < -0.4 is 16.0 Å². The lowest BCUT2D eigenvalue weighted by molar-refractivity contribution is 0.252. The number of hydrogen-bond donors (Lipinski definition) is 4. The number of rotatable bonds is 4. The van der Waals surface area contributed by atoms with E-state index in [0.717, 1.165) is 28.6 Å². The molecule has 156 valence electrons. The number of hydrogen-bond acceptors (Lipinski definition) is 5. The molecule has 0 saturated heterocycles. The fourth-order valence-electron chi connectivity index (χ4n) is 3.99. The van der Waals surface area contributed by atoms with E-state index in [9.17, 15) is 4.79 Å². The Morgan fingerprint density at radius 3 is 2.81 bits per heavy atom. The van der Waals surface area contributed by atoms with Gasteiger partial charge >= 0.3 is 6.03 Å². The Morgan fingerprint density at radius 2 is 2.00 bits per heavy atom. The molecule has 8 nitrogen and oxygen atoms in total. The molecule has 0 radical (unpaired) electrons. The number of carbonyl (C=O) groups excluding carboxylic acids is 1. The van der Waals surface area contributed by atoms with Gasteiger partial charge in [0.2, 0.25) is 5.95 Å². The van der Waals surface area contributed by atoms with Gasteiger partial charge in [-0.15, -0.1) is 0 Å². The number of urea groups is 1. The van der Waals surface area contributed by atoms with Gasteiger partial charge in [0.15, 0.2) is 5.82 Å². The molecular weight excluding hydrogens is 390 g/mol. The number of H-pyrrole nitrogens is 1. The fraction of sp³-hybridized carbons (Fsp3) is 0.217. The third-order valence-corrected chi connectivity index (χ3v) is 5.33. The zero-order chi connectivity index (χ0) is 21.4. The summed E-state index contributed by atoms with van der Waals surface area (Å²) in [4.78, 5) is 28.6. The van der Waals surface area contributed by atoms with Gasteiger partial charge in [-0.1, -0.05) is 6.07 Å². The first kappa shape index (κ1) is 19.0. The van der Waals surface area contributed by atoms with Crippen LogP contribution in [0, 0.1) is 0 Å². The Kier molecular flexibility index (Phi) is 4.74. The molecule has 4 aromatic rings. The van der Waals surface area contributed by atoms with Gasteiger partial charge < -0.3 is 15.6 Å². The van der Waals surface area contributed by atoms with Crippen LogP contribution in [0.1, 0.15) is 19.4 Å². The first-order valence-corrected chi connectivity index (χ1v) is 10.4. The smallest absolute Gasteiger partial charge is 0.321 e. The molecule has 2 aromatic carbocycles. The predicted molar refractivity (Wildman–Crippen MR) is 122 cm³/mol. The van der Waals surface area contributed by atoms with Crippen LogP contribution in [0.5, 0.6) is 0 Å². The SMILES string of the molecule is CCNC(=O)Nc1nc2c(-c3ncccn3)cc(-c3ccc4c(c3)CC(C)N4)cc2[nH]1. The van der Waals surface area contributed by atoms with Crippen molar-refractivity contribution < 1.29 is 4.79 Å². The summed E-state index contributed by atoms with van der Waals surface area (Å²) < 4.78 is 0. The minimum Gasteiger partial charge on any atom is -0.382 e. The second-order valence-electron chi connectivity index (χ2n) is 7.68. The molecule has 0 aliphatic carbocycles. The molecule has 1 aliphatic rings. The molecular formula is C23H23N7O. The summed E-state index contributed by atoms with van der Waals surface area (Å²) in [5, 5.41) is 8.94. The molecule has 2 amide bonds. The van der Waals surface area contributed by atoms with Crippen molar-refractivity contribution in [3.05, 3.63) is 54.4 Å². The van der Waals surface area contributed by atoms with E-state index in [1.54, 1.807) is 18.5 Å². The largest absolute Gasteiger partial charge is 0.382 e. The monoisotopic (exact) mass is 413 g/mol. The van der Waals surface area contributed by atoms with Crippen LogP contribution in [-0.2, 0) is 6.42 Å². The van der Waals surface area contributed by atoms with Crippen molar-refractivity contribution in [1.82, 2.24) is 25.3 Å². The molecule has 1 unspecified atom stereocenters. The highest BCUT2D eigenvalue weighted by Crippen LogP contribution is 2.35. The van der Waals surface area contributed by atoms with E-state index in [0.29, 0.717) is 29.9 Å². The number of amides is 2. The van der Waals surface area contributed by atoms with Crippen LogP contribution >= 0.6 is 0 Å². The minimum atomic E-state index is -0.306. The number of benzene rings is 2. The van der Waals surface area contributed by atoms with Crippen molar-refractivity contribution >= 4 is 28.7 Å². The van der Waals surface area contributed by atoms with Crippen molar-refractivity contribution in [3.8, 4) is 22.5 Å². The number of fused-ring (bicyclic) bond motifs is 2. The van der Waals surface area contributed by atoms with Crippen molar-refractivity contribution in [2.45, 2.75) is 26.3 Å². The van der Waals surface area contributed by atoms with Crippen LogP contribution in [0.4, 0.5) is 16.4 Å². The molecule has 1 aliphatic heterocycles. The Morgan fingerprint density at radius 1 is 1.16 bits per heavy atom. The normalized spacial score (nSPS) is 14.8. The van der Waals surface area contributed by atoms with Crippen LogP contribution in [0.25, 0.3) is 33.5 Å². The van der Waals surface area contributed by atoms with Gasteiger partial charge in [0.1, 0.15) is 5.52 Å². The van der Waals surface area contributed by atoms with E-state index < -0.39 is 0 Å². The summed E-state index contributed by atoms with van der Waals surface area (Å²) in [7, 11) is 0. The Labute approximate surface area is 179 Å². The molecule has 0 bridgehead atoms. The summed E-state index contributed by atoms with van der Waals surface area (Å²) in [6.45, 7) is 4.58. The van der Waals surface area contributed by atoms with Gasteiger partial charge in [0.05, 0.1) is 5.52 Å². The minimum absolute atomic E-state index is 0.306. The third-order valence-electron chi connectivity index (χ3n) is 5.33. The zero-order valence-electron chi connectivity index (χ0n) is 17.4. The summed E-state index contributed by atoms with van der Waals surface area (Å²) in [5.41, 5.74) is 6.97. The Balaban J connectivity index is 1.63. The zero-order valence-corrected chi connectivity index (χ0v) is 17.4. The quantitative estimate of drug-likeness (QED) is 0.401. The van der Waals surface area contributed by atoms with E-state index in [1.807, 2.05) is 13.0 Å². The Hall–Kier alpha value is -3.94. The average molecular weight is 413 g/mol. The summed E-state index contributed by atoms with van der Waals surface area (Å²) >= 11 is 0. The lowest BCUT2D eigenvalue weighted by Crippen LogP contribution is -2.28. The maximum Gasteiger partial charge on any atom is 0.321 e. The molecule has 0 spiro atoms. The summed E-state index contributed by atoms with van der Waals surface area (Å²) in [6, 6.07) is 12.5. The highest BCUT2D eigenvalue weighted by molar-refractivity contribution is 5.97. The highest BCUT2D eigenvalue weighted by Gasteiger charge is 2.19. The van der Waals surface area contributed by atoms with E-state index in [2.05, 4.69) is 67.1 Å². The summed E-state index contributed by atoms with van der Waals surface area (Å²) in [5.74, 6) is 0.962. The van der Waals surface area contributed by atoms with Crippen molar-refractivity contribution in [2.75, 3.05) is 17.2 Å². The number of anilines is 2. The van der Waals surface area contributed by atoms with Gasteiger partial charge in [0.25, 0.3) is 0 Å². The maximum atomic E-state index is 12.0. The second kappa shape index (κ2) is 7.71. The molecule has 8 heteroatoms. The Bertz CT molecular complexity index is 1270. The molecule has 31 heavy (non-hydrogen) atoms. The molecule has 4 N–H and O–H groups in total. The number of carbonyl (C=O) groups is 1. The van der Waals surface area contributed by atoms with Crippen LogP contribution in [0.3, 0.4) is 0 Å². The maximum absolute atomic E-state index is 12.0. The molecule has 5 rings (SSSR count). The summed E-state index contributed by atoms with van der Waals surface area (Å²) in [6.07, 6.45) is 4.43. The first-order chi connectivity index (χ1) is 15.1. The third kappa shape index (κ3) is 3.68. The number of aromatic amines is 1. The fourth-order valence-corrected chi connectivity index (χ4v) is 3.99. The first-order valence-electron chi connectivity index (χ1n) is 10.4. The highest BCUT2D eigenvalue weighted by atomic mass is 16.2. The molecule has 1 atom stereocenters. The van der Waals surface area contributed by atoms with Gasteiger partial charge in [-0.2, -0.15) is 0 Å². The number of aromatic nitrogens is 4. The van der Waals surface area contributed by atoms with Gasteiger partial charge in [0, 0.05) is 36.2 Å². The molecule has 0 fully saturated rings. The number of nitrogens with zero attached hydrogens (tertiary/aromatic N) is 3. The topological polar surface area (TPSA) is 108 Å². The van der Waals surface area contributed by atoms with E-state index in [4.69, 9.17) is 0 Å². The second-order valence-corrected chi connectivity index (χ2v) is 7.68. The van der Waals surface area contributed by atoms with Crippen LogP contribution in [-0.4, -0.2) is 38.6 Å². The van der Waals surface area contributed by atoms with E-state index in [-0.39, 0.29) is 6.03 Å². The van der Waals surface area contributed by atoms with Crippen molar-refractivity contribution in [2.24, 2.45) is 0 Å². The number of nitrogens with one attached hydrogen (secondary N) is 4. The lowest BCUT2D eigenvalue weighted by Gasteiger charge is -2.08. The molecule has 0 saturated carbocycles. The molecule has 2 aromatic heterocycles. The predicted octanol–water partition coefficient (Wildman–Crippen LogP) is 4.18. The average Bonchev–Trinajstić information content (AvgIpc) is 3.34. The van der Waals surface area contributed by atoms with Gasteiger partial charge in [-0.05, 0) is 67.3 Å². The van der Waals surface area contributed by atoms with Crippen molar-refractivity contribution in [1.29, 1.82) is 0 Å². The standard InChI is InChI=1S/C23H23N7O/c1-3-24-23(31)30-22-28-19-12-15(14-5-6-18-16(10-14)9-13(2)27-18)11-17(20(19)29-22)21-25-7-4-8-26-21/h4-8,10-13,27H,3,9H2,1-2H3,(H3,24,28,29,30,31). The van der Waals surface area contributed by atoms with Gasteiger partial charge in [-0.25, -0.2) is 19.7 Å². The lowest BCUT2D eigenvalue weighted by atomic mass is 9.98. The van der Waals surface area contributed by atoms with Crippen molar-refractivity contribution in [3.63, 3.8) is 0 Å². The van der Waals surface area contributed by atoms with Crippen LogP contribution in [0.15, 0.2) is 48.8 Å². The number of imidazole rings is 1. The molecule has 3 heterocycles. The van der Waals surface area contributed by atoms with Gasteiger partial charge in [-0.3, -0.25) is 5.32 Å².